The van der Waals surface area contributed by atoms with Crippen molar-refractivity contribution >= 4 is 22.4 Å². The van der Waals surface area contributed by atoms with E-state index in [-0.39, 0.29) is 16.8 Å². The zero-order chi connectivity index (χ0) is 12.1. The van der Waals surface area contributed by atoms with Crippen LogP contribution in [0.2, 0.25) is 5.02 Å². The van der Waals surface area contributed by atoms with Gasteiger partial charge in [0.15, 0.2) is 0 Å². The van der Waals surface area contributed by atoms with E-state index in [1.54, 1.807) is 12.1 Å². The largest absolute Gasteiger partial charge is 0.327 e. The van der Waals surface area contributed by atoms with Gasteiger partial charge in [0, 0.05) is 22.6 Å². The lowest BCUT2D eigenvalue weighted by molar-refractivity contribution is 0.626. The topological polar surface area (TPSA) is 43.1 Å². The summed E-state index contributed by atoms with van der Waals surface area (Å²) in [5.41, 5.74) is 6.27. The van der Waals surface area contributed by atoms with Crippen molar-refractivity contribution in [3.8, 4) is 0 Å². The molecular weight excluding hydrogens is 249 g/mol. The fourth-order valence-electron chi connectivity index (χ4n) is 1.25. The molecule has 2 unspecified atom stereocenters. The van der Waals surface area contributed by atoms with E-state index >= 15 is 0 Å². The van der Waals surface area contributed by atoms with E-state index in [1.165, 1.54) is 6.07 Å². The molecule has 0 saturated carbocycles. The summed E-state index contributed by atoms with van der Waals surface area (Å²) in [4.78, 5) is 0. The molecule has 0 saturated heterocycles. The second-order valence-electron chi connectivity index (χ2n) is 3.63. The van der Waals surface area contributed by atoms with E-state index in [9.17, 15) is 8.60 Å². The molecule has 2 atom stereocenters. The van der Waals surface area contributed by atoms with Crippen LogP contribution in [0.4, 0.5) is 4.39 Å². The summed E-state index contributed by atoms with van der Waals surface area (Å²) in [6, 6.07) is 4.45. The molecule has 0 aliphatic rings. The fourth-order valence-corrected chi connectivity index (χ4v) is 2.94. The van der Waals surface area contributed by atoms with Crippen molar-refractivity contribution in [3.05, 3.63) is 34.6 Å². The van der Waals surface area contributed by atoms with Crippen LogP contribution in [0.15, 0.2) is 18.2 Å². The van der Waals surface area contributed by atoms with Gasteiger partial charge in [0.05, 0.1) is 10.8 Å². The van der Waals surface area contributed by atoms with Crippen LogP contribution >= 0.6 is 11.6 Å². The van der Waals surface area contributed by atoms with Crippen LogP contribution in [-0.4, -0.2) is 16.0 Å². The lowest BCUT2D eigenvalue weighted by Crippen LogP contribution is -2.26. The van der Waals surface area contributed by atoms with E-state index in [2.05, 4.69) is 0 Å². The van der Waals surface area contributed by atoms with Crippen molar-refractivity contribution in [2.24, 2.45) is 5.73 Å². The second kappa shape index (κ2) is 6.33. The molecule has 90 valence electrons. The third kappa shape index (κ3) is 3.85. The van der Waals surface area contributed by atoms with Crippen molar-refractivity contribution in [1.29, 1.82) is 0 Å². The molecule has 2 N–H and O–H groups in total. The standard InChI is InChI=1S/C11H15ClFNOS/c1-2-9(14)7-16(15)6-8-4-3-5-10(13)11(8)12/h3-5,9H,2,6-7,14H2,1H3. The average Bonchev–Trinajstić information content (AvgIpc) is 2.24. The molecule has 16 heavy (non-hydrogen) atoms. The number of nitrogens with two attached hydrogens (primary N) is 1. The van der Waals surface area contributed by atoms with Crippen LogP contribution in [0.3, 0.4) is 0 Å². The first-order chi connectivity index (χ1) is 7.54. The molecule has 2 nitrogen and oxygen atoms in total. The maximum absolute atomic E-state index is 13.1. The minimum absolute atomic E-state index is 0.0564. The molecule has 0 aliphatic heterocycles. The molecular formula is C11H15ClFNOS. The van der Waals surface area contributed by atoms with Gasteiger partial charge < -0.3 is 5.73 Å². The third-order valence-electron chi connectivity index (χ3n) is 2.27. The number of hydrogen-bond acceptors (Lipinski definition) is 2. The Morgan fingerprint density at radius 2 is 2.25 bits per heavy atom. The normalized spacial score (nSPS) is 14.8. The van der Waals surface area contributed by atoms with Gasteiger partial charge in [-0.1, -0.05) is 30.7 Å². The molecule has 1 rings (SSSR count). The minimum atomic E-state index is -1.10. The van der Waals surface area contributed by atoms with Gasteiger partial charge in [-0.15, -0.1) is 0 Å². The maximum Gasteiger partial charge on any atom is 0.142 e. The highest BCUT2D eigenvalue weighted by atomic mass is 35.5. The lowest BCUT2D eigenvalue weighted by atomic mass is 10.2. The molecule has 0 aromatic heterocycles. The molecule has 1 aromatic carbocycles. The quantitative estimate of drug-likeness (QED) is 0.887. The van der Waals surface area contributed by atoms with Gasteiger partial charge in [0.25, 0.3) is 0 Å². The number of benzene rings is 1. The van der Waals surface area contributed by atoms with E-state index in [0.717, 1.165) is 6.42 Å². The first-order valence-electron chi connectivity index (χ1n) is 5.08. The molecule has 5 heteroatoms. The van der Waals surface area contributed by atoms with Gasteiger partial charge in [0.2, 0.25) is 0 Å². The number of rotatable bonds is 5. The summed E-state index contributed by atoms with van der Waals surface area (Å²) in [7, 11) is -1.10. The van der Waals surface area contributed by atoms with Gasteiger partial charge in [-0.25, -0.2) is 4.39 Å². The third-order valence-corrected chi connectivity index (χ3v) is 4.13. The summed E-state index contributed by atoms with van der Waals surface area (Å²) in [6.07, 6.45) is 0.780. The lowest BCUT2D eigenvalue weighted by Gasteiger charge is -2.09. The van der Waals surface area contributed by atoms with E-state index in [0.29, 0.717) is 11.3 Å². The molecule has 1 aromatic rings. The zero-order valence-corrected chi connectivity index (χ0v) is 10.7. The molecule has 0 amide bonds. The highest BCUT2D eigenvalue weighted by Crippen LogP contribution is 2.21. The molecule has 0 aliphatic carbocycles. The average molecular weight is 264 g/mol. The van der Waals surface area contributed by atoms with Crippen molar-refractivity contribution in [1.82, 2.24) is 0 Å². The van der Waals surface area contributed by atoms with Crippen molar-refractivity contribution in [2.45, 2.75) is 25.1 Å². The summed E-state index contributed by atoms with van der Waals surface area (Å²) in [6.45, 7) is 1.94. The number of hydrogen-bond donors (Lipinski definition) is 1. The zero-order valence-electron chi connectivity index (χ0n) is 9.08. The fraction of sp³-hybridized carbons (Fsp3) is 0.455. The summed E-state index contributed by atoms with van der Waals surface area (Å²) in [5.74, 6) is 0.198. The van der Waals surface area contributed by atoms with Crippen LogP contribution in [0.5, 0.6) is 0 Å². The molecule has 0 fully saturated rings. The van der Waals surface area contributed by atoms with Gasteiger partial charge in [-0.3, -0.25) is 4.21 Å². The minimum Gasteiger partial charge on any atom is -0.327 e. The second-order valence-corrected chi connectivity index (χ2v) is 5.51. The maximum atomic E-state index is 13.1. The molecule has 0 spiro atoms. The summed E-state index contributed by atoms with van der Waals surface area (Å²) >= 11 is 5.77. The first kappa shape index (κ1) is 13.6. The van der Waals surface area contributed by atoms with Gasteiger partial charge in [0.1, 0.15) is 5.82 Å². The first-order valence-corrected chi connectivity index (χ1v) is 6.94. The Morgan fingerprint density at radius 3 is 2.88 bits per heavy atom. The Bertz CT molecular complexity index is 386. The van der Waals surface area contributed by atoms with Gasteiger partial charge in [-0.2, -0.15) is 0 Å². The van der Waals surface area contributed by atoms with E-state index < -0.39 is 16.6 Å². The monoisotopic (exact) mass is 263 g/mol. The summed E-state index contributed by atoms with van der Waals surface area (Å²) in [5, 5.41) is 0.0564. The highest BCUT2D eigenvalue weighted by Gasteiger charge is 2.11. The van der Waals surface area contributed by atoms with E-state index in [1.807, 2.05) is 6.92 Å². The predicted octanol–water partition coefficient (Wildman–Crippen LogP) is 2.47. The Labute approximate surface area is 102 Å². The Hall–Kier alpha value is -0.450. The smallest absolute Gasteiger partial charge is 0.142 e. The van der Waals surface area contributed by atoms with E-state index in [4.69, 9.17) is 17.3 Å². The molecule has 0 bridgehead atoms. The predicted molar refractivity (Wildman–Crippen MR) is 66.4 cm³/mol. The van der Waals surface area contributed by atoms with Crippen LogP contribution < -0.4 is 5.73 Å². The molecule has 0 heterocycles. The van der Waals surface area contributed by atoms with Crippen LogP contribution in [0.25, 0.3) is 0 Å². The Morgan fingerprint density at radius 1 is 1.56 bits per heavy atom. The molecule has 0 radical (unpaired) electrons. The van der Waals surface area contributed by atoms with Gasteiger partial charge >= 0.3 is 0 Å². The van der Waals surface area contributed by atoms with Crippen molar-refractivity contribution in [3.63, 3.8) is 0 Å². The Balaban J connectivity index is 2.66. The van der Waals surface area contributed by atoms with Crippen LogP contribution in [0.1, 0.15) is 18.9 Å². The SMILES string of the molecule is CCC(N)CS(=O)Cc1cccc(F)c1Cl. The van der Waals surface area contributed by atoms with Gasteiger partial charge in [-0.05, 0) is 18.1 Å². The highest BCUT2D eigenvalue weighted by molar-refractivity contribution is 7.84. The Kier molecular flexibility index (Phi) is 5.38. The van der Waals surface area contributed by atoms with Crippen molar-refractivity contribution < 1.29 is 8.60 Å². The summed E-state index contributed by atoms with van der Waals surface area (Å²) < 4.78 is 24.8. The van der Waals surface area contributed by atoms with Crippen LogP contribution in [0, 0.1) is 5.82 Å². The number of halogens is 2. The van der Waals surface area contributed by atoms with Crippen molar-refractivity contribution in [2.75, 3.05) is 5.75 Å². The van der Waals surface area contributed by atoms with Crippen LogP contribution in [-0.2, 0) is 16.6 Å².